The monoisotopic (exact) mass is 468 g/mol. The summed E-state index contributed by atoms with van der Waals surface area (Å²) in [6, 6.07) is 9.37. The summed E-state index contributed by atoms with van der Waals surface area (Å²) in [5.41, 5.74) is 0.229. The molecule has 174 valence electrons. The minimum Gasteiger partial charge on any atom is -0.357 e. The maximum atomic E-state index is 14.2. The molecular weight excluding hydrogens is 442 g/mol. The van der Waals surface area contributed by atoms with Crippen molar-refractivity contribution in [3.8, 4) is 0 Å². The predicted molar refractivity (Wildman–Crippen MR) is 117 cm³/mol. The molecule has 0 saturated carbocycles. The van der Waals surface area contributed by atoms with Crippen molar-refractivity contribution in [2.24, 2.45) is 0 Å². The Bertz CT molecular complexity index is 1060. The second-order valence-electron chi connectivity index (χ2n) is 7.18. The van der Waals surface area contributed by atoms with Crippen molar-refractivity contribution in [2.45, 2.75) is 19.5 Å². The lowest BCUT2D eigenvalue weighted by Gasteiger charge is -2.32. The Hall–Kier alpha value is -3.05. The SMILES string of the molecule is CNC(=O)[C@H](C)N(Cc1ccccc1F)C(=O)CN(c1ccc(F)cc1)S(=O)(=O)N(C)C. The molecule has 0 heterocycles. The minimum absolute atomic E-state index is 0.0619. The molecule has 2 aromatic carbocycles. The fourth-order valence-corrected chi connectivity index (χ4v) is 3.98. The Morgan fingerprint density at radius 3 is 2.16 bits per heavy atom. The highest BCUT2D eigenvalue weighted by molar-refractivity contribution is 7.90. The fraction of sp³-hybridized carbons (Fsp3) is 0.333. The summed E-state index contributed by atoms with van der Waals surface area (Å²) in [4.78, 5) is 26.6. The highest BCUT2D eigenvalue weighted by Crippen LogP contribution is 2.21. The van der Waals surface area contributed by atoms with E-state index in [1.54, 1.807) is 6.07 Å². The van der Waals surface area contributed by atoms with Crippen LogP contribution in [0.4, 0.5) is 14.5 Å². The van der Waals surface area contributed by atoms with Gasteiger partial charge in [0.1, 0.15) is 24.2 Å². The van der Waals surface area contributed by atoms with Gasteiger partial charge in [-0.3, -0.25) is 9.59 Å². The molecule has 8 nitrogen and oxygen atoms in total. The van der Waals surface area contributed by atoms with Gasteiger partial charge in [-0.2, -0.15) is 12.7 Å². The molecule has 0 radical (unpaired) electrons. The molecule has 11 heteroatoms. The van der Waals surface area contributed by atoms with Crippen LogP contribution in [0.3, 0.4) is 0 Å². The van der Waals surface area contributed by atoms with Crippen LogP contribution in [0.1, 0.15) is 12.5 Å². The van der Waals surface area contributed by atoms with Gasteiger partial charge in [0.15, 0.2) is 0 Å². The molecule has 0 fully saturated rings. The molecule has 2 aromatic rings. The maximum Gasteiger partial charge on any atom is 0.304 e. The number of halogens is 2. The van der Waals surface area contributed by atoms with E-state index in [1.807, 2.05) is 0 Å². The second kappa shape index (κ2) is 10.5. The van der Waals surface area contributed by atoms with Gasteiger partial charge in [-0.05, 0) is 37.3 Å². The van der Waals surface area contributed by atoms with Crippen molar-refractivity contribution < 1.29 is 26.8 Å². The molecule has 32 heavy (non-hydrogen) atoms. The van der Waals surface area contributed by atoms with E-state index in [0.717, 1.165) is 25.6 Å². The number of benzene rings is 2. The van der Waals surface area contributed by atoms with E-state index in [0.29, 0.717) is 0 Å². The topological polar surface area (TPSA) is 90.0 Å². The van der Waals surface area contributed by atoms with E-state index in [4.69, 9.17) is 0 Å². The maximum absolute atomic E-state index is 14.2. The fourth-order valence-electron chi connectivity index (χ4n) is 2.93. The van der Waals surface area contributed by atoms with Crippen LogP contribution in [0, 0.1) is 11.6 Å². The van der Waals surface area contributed by atoms with E-state index in [-0.39, 0.29) is 17.8 Å². The van der Waals surface area contributed by atoms with Gasteiger partial charge in [0.2, 0.25) is 11.8 Å². The van der Waals surface area contributed by atoms with Crippen molar-refractivity contribution in [3.05, 3.63) is 65.7 Å². The zero-order chi connectivity index (χ0) is 24.1. The standard InChI is InChI=1S/C21H26F2N4O4S/c1-15(21(29)24-2)26(13-16-7-5-6-8-19(16)23)20(28)14-27(32(30,31)25(3)4)18-11-9-17(22)10-12-18/h5-12,15H,13-14H2,1-4H3,(H,24,29)/t15-/m0/s1. The van der Waals surface area contributed by atoms with Gasteiger partial charge in [-0.1, -0.05) is 18.2 Å². The molecule has 1 N–H and O–H groups in total. The van der Waals surface area contributed by atoms with Gasteiger partial charge < -0.3 is 10.2 Å². The molecule has 2 amide bonds. The van der Waals surface area contributed by atoms with Crippen molar-refractivity contribution >= 4 is 27.7 Å². The molecule has 0 aliphatic rings. The average Bonchev–Trinajstić information content (AvgIpc) is 2.76. The van der Waals surface area contributed by atoms with E-state index < -0.39 is 46.2 Å². The van der Waals surface area contributed by atoms with Gasteiger partial charge in [-0.25, -0.2) is 13.1 Å². The van der Waals surface area contributed by atoms with Crippen molar-refractivity contribution in [3.63, 3.8) is 0 Å². The summed E-state index contributed by atoms with van der Waals surface area (Å²) < 4.78 is 55.1. The molecule has 0 spiro atoms. The third-order valence-corrected chi connectivity index (χ3v) is 6.67. The molecule has 1 atom stereocenters. The zero-order valence-corrected chi connectivity index (χ0v) is 19.1. The van der Waals surface area contributed by atoms with Crippen LogP contribution < -0.4 is 9.62 Å². The van der Waals surface area contributed by atoms with Crippen LogP contribution in [0.15, 0.2) is 48.5 Å². The first-order valence-corrected chi connectivity index (χ1v) is 11.1. The Labute approximate surface area is 186 Å². The number of carbonyl (C=O) groups is 2. The van der Waals surface area contributed by atoms with Gasteiger partial charge in [0.25, 0.3) is 0 Å². The Balaban J connectivity index is 2.45. The van der Waals surface area contributed by atoms with E-state index in [9.17, 15) is 26.8 Å². The molecule has 0 saturated heterocycles. The van der Waals surface area contributed by atoms with Gasteiger partial charge in [0, 0.05) is 33.3 Å². The molecule has 0 aliphatic carbocycles. The first-order chi connectivity index (χ1) is 15.0. The number of rotatable bonds is 9. The molecule has 0 aliphatic heterocycles. The quantitative estimate of drug-likeness (QED) is 0.607. The lowest BCUT2D eigenvalue weighted by molar-refractivity contribution is -0.139. The number of hydrogen-bond donors (Lipinski definition) is 1. The third kappa shape index (κ3) is 5.80. The molecule has 0 bridgehead atoms. The summed E-state index contributed by atoms with van der Waals surface area (Å²) in [6.07, 6.45) is 0. The number of anilines is 1. The van der Waals surface area contributed by atoms with Crippen molar-refractivity contribution in [1.82, 2.24) is 14.5 Å². The van der Waals surface area contributed by atoms with Crippen molar-refractivity contribution in [1.29, 1.82) is 0 Å². The lowest BCUT2D eigenvalue weighted by atomic mass is 10.1. The van der Waals surface area contributed by atoms with Crippen LogP contribution in [-0.4, -0.2) is 63.2 Å². The Morgan fingerprint density at radius 1 is 1.03 bits per heavy atom. The molecule has 0 unspecified atom stereocenters. The van der Waals surface area contributed by atoms with Crippen LogP contribution >= 0.6 is 0 Å². The normalized spacial score (nSPS) is 12.3. The highest BCUT2D eigenvalue weighted by Gasteiger charge is 2.32. The molecule has 2 rings (SSSR count). The smallest absolute Gasteiger partial charge is 0.304 e. The Kier molecular flexibility index (Phi) is 8.28. The highest BCUT2D eigenvalue weighted by atomic mass is 32.2. The van der Waals surface area contributed by atoms with Crippen LogP contribution in [0.2, 0.25) is 0 Å². The number of nitrogens with zero attached hydrogens (tertiary/aromatic N) is 3. The van der Waals surface area contributed by atoms with Gasteiger partial charge in [-0.15, -0.1) is 0 Å². The third-order valence-electron chi connectivity index (χ3n) is 4.85. The zero-order valence-electron chi connectivity index (χ0n) is 18.2. The summed E-state index contributed by atoms with van der Waals surface area (Å²) in [6.45, 7) is 0.529. The summed E-state index contributed by atoms with van der Waals surface area (Å²) in [5.74, 6) is -2.38. The number of likely N-dealkylation sites (N-methyl/N-ethyl adjacent to an activating group) is 1. The van der Waals surface area contributed by atoms with Gasteiger partial charge in [0.05, 0.1) is 5.69 Å². The first kappa shape index (κ1) is 25.2. The summed E-state index contributed by atoms with van der Waals surface area (Å²) in [7, 11) is -0.165. The number of carbonyl (C=O) groups excluding carboxylic acids is 2. The number of nitrogens with one attached hydrogen (secondary N) is 1. The Morgan fingerprint density at radius 2 is 1.62 bits per heavy atom. The summed E-state index contributed by atoms with van der Waals surface area (Å²) >= 11 is 0. The summed E-state index contributed by atoms with van der Waals surface area (Å²) in [5, 5.41) is 2.43. The predicted octanol–water partition coefficient (Wildman–Crippen LogP) is 1.74. The average molecular weight is 469 g/mol. The lowest BCUT2D eigenvalue weighted by Crippen LogP contribution is -2.52. The van der Waals surface area contributed by atoms with E-state index in [1.165, 1.54) is 58.4 Å². The number of amides is 2. The van der Waals surface area contributed by atoms with Crippen LogP contribution in [0.25, 0.3) is 0 Å². The van der Waals surface area contributed by atoms with Crippen LogP contribution in [0.5, 0.6) is 0 Å². The molecular formula is C21H26F2N4O4S. The minimum atomic E-state index is -4.14. The van der Waals surface area contributed by atoms with Gasteiger partial charge >= 0.3 is 10.2 Å². The van der Waals surface area contributed by atoms with Crippen LogP contribution in [-0.2, 0) is 26.3 Å². The van der Waals surface area contributed by atoms with Crippen molar-refractivity contribution in [2.75, 3.05) is 32.0 Å². The number of hydrogen-bond acceptors (Lipinski definition) is 4. The second-order valence-corrected chi connectivity index (χ2v) is 9.24. The molecule has 0 aromatic heterocycles. The first-order valence-electron chi connectivity index (χ1n) is 9.69. The largest absolute Gasteiger partial charge is 0.357 e. The van der Waals surface area contributed by atoms with E-state index >= 15 is 0 Å². The van der Waals surface area contributed by atoms with E-state index in [2.05, 4.69) is 5.32 Å².